The van der Waals surface area contributed by atoms with Crippen molar-refractivity contribution in [3.8, 4) is 0 Å². The first kappa shape index (κ1) is 10.2. The van der Waals surface area contributed by atoms with Gasteiger partial charge in [-0.2, -0.15) is 0 Å². The Morgan fingerprint density at radius 2 is 2.00 bits per heavy atom. The van der Waals surface area contributed by atoms with Crippen molar-refractivity contribution in [2.45, 2.75) is 26.7 Å². The molecular formula is C12H13BrS. The van der Waals surface area contributed by atoms with Crippen LogP contribution in [0.5, 0.6) is 0 Å². The molecule has 1 aromatic carbocycles. The van der Waals surface area contributed by atoms with E-state index in [0.29, 0.717) is 0 Å². The number of hydrogen-bond acceptors (Lipinski definition) is 1. The number of fused-ring (bicyclic) bond motifs is 1. The lowest BCUT2D eigenvalue weighted by Gasteiger charge is -2.06. The minimum absolute atomic E-state index is 1.13. The summed E-state index contributed by atoms with van der Waals surface area (Å²) in [4.78, 5) is 0. The van der Waals surface area contributed by atoms with Crippen molar-refractivity contribution in [2.75, 3.05) is 0 Å². The fourth-order valence-electron chi connectivity index (χ4n) is 1.93. The first-order valence-corrected chi connectivity index (χ1v) is 6.57. The maximum absolute atomic E-state index is 3.55. The zero-order chi connectivity index (χ0) is 10.1. The number of rotatable bonds is 2. The van der Waals surface area contributed by atoms with Crippen molar-refractivity contribution in [1.82, 2.24) is 0 Å². The first-order valence-electron chi connectivity index (χ1n) is 4.96. The van der Waals surface area contributed by atoms with Gasteiger partial charge in [0, 0.05) is 4.70 Å². The van der Waals surface area contributed by atoms with E-state index in [9.17, 15) is 0 Å². The van der Waals surface area contributed by atoms with E-state index in [-0.39, 0.29) is 0 Å². The molecule has 0 saturated carbocycles. The Labute approximate surface area is 97.1 Å². The minimum Gasteiger partial charge on any atom is -0.128 e. The van der Waals surface area contributed by atoms with Crippen LogP contribution in [0.25, 0.3) is 10.1 Å². The van der Waals surface area contributed by atoms with Gasteiger partial charge in [-0.25, -0.2) is 0 Å². The van der Waals surface area contributed by atoms with Crippen molar-refractivity contribution in [1.29, 1.82) is 0 Å². The molecule has 2 heteroatoms. The maximum atomic E-state index is 3.55. The lowest BCUT2D eigenvalue weighted by molar-refractivity contribution is 1.05. The van der Waals surface area contributed by atoms with E-state index in [1.165, 1.54) is 25.0 Å². The van der Waals surface area contributed by atoms with Gasteiger partial charge in [0.1, 0.15) is 0 Å². The van der Waals surface area contributed by atoms with Crippen LogP contribution < -0.4 is 0 Å². The molecule has 74 valence electrons. The maximum Gasteiger partial charge on any atom is 0.0711 e. The summed E-state index contributed by atoms with van der Waals surface area (Å²) in [5, 5.41) is 1.43. The zero-order valence-electron chi connectivity index (χ0n) is 8.43. The van der Waals surface area contributed by atoms with E-state index in [4.69, 9.17) is 0 Å². The number of aryl methyl sites for hydroxylation is 2. The fourth-order valence-corrected chi connectivity index (χ4v) is 3.50. The predicted octanol–water partition coefficient (Wildman–Crippen LogP) is 4.79. The molecule has 1 heterocycles. The van der Waals surface area contributed by atoms with E-state index in [1.807, 2.05) is 11.3 Å². The summed E-state index contributed by atoms with van der Waals surface area (Å²) in [5.41, 5.74) is 3.01. The minimum atomic E-state index is 1.13. The lowest BCUT2D eigenvalue weighted by atomic mass is 10.00. The highest BCUT2D eigenvalue weighted by Gasteiger charge is 2.07. The second-order valence-electron chi connectivity index (χ2n) is 3.37. The SMILES string of the molecule is CCc1ccc2sc(Br)cc2c1CC. The van der Waals surface area contributed by atoms with Crippen LogP contribution in [0, 0.1) is 0 Å². The molecule has 0 aliphatic rings. The van der Waals surface area contributed by atoms with E-state index < -0.39 is 0 Å². The molecule has 0 bridgehead atoms. The summed E-state index contributed by atoms with van der Waals surface area (Å²) < 4.78 is 2.63. The van der Waals surface area contributed by atoms with Crippen molar-refractivity contribution in [3.63, 3.8) is 0 Å². The Morgan fingerprint density at radius 3 is 2.64 bits per heavy atom. The zero-order valence-corrected chi connectivity index (χ0v) is 10.8. The molecule has 0 fully saturated rings. The molecule has 0 atom stereocenters. The summed E-state index contributed by atoms with van der Waals surface area (Å²) in [7, 11) is 0. The average Bonchev–Trinajstić information content (AvgIpc) is 2.56. The molecule has 0 radical (unpaired) electrons. The summed E-state index contributed by atoms with van der Waals surface area (Å²) in [6.07, 6.45) is 2.26. The van der Waals surface area contributed by atoms with Gasteiger partial charge in [0.15, 0.2) is 0 Å². The third-order valence-corrected chi connectivity index (χ3v) is 4.22. The van der Waals surface area contributed by atoms with Gasteiger partial charge in [-0.1, -0.05) is 19.9 Å². The number of hydrogen-bond donors (Lipinski definition) is 0. The van der Waals surface area contributed by atoms with Gasteiger partial charge in [0.05, 0.1) is 3.79 Å². The predicted molar refractivity (Wildman–Crippen MR) is 68.3 cm³/mol. The van der Waals surface area contributed by atoms with E-state index in [0.717, 1.165) is 12.8 Å². The Bertz CT molecular complexity index is 457. The average molecular weight is 269 g/mol. The Hall–Kier alpha value is -0.340. The smallest absolute Gasteiger partial charge is 0.0711 e. The normalized spacial score (nSPS) is 11.1. The summed E-state index contributed by atoms with van der Waals surface area (Å²) in [6.45, 7) is 4.46. The fraction of sp³-hybridized carbons (Fsp3) is 0.333. The van der Waals surface area contributed by atoms with Gasteiger partial charge < -0.3 is 0 Å². The third-order valence-electron chi connectivity index (χ3n) is 2.61. The van der Waals surface area contributed by atoms with E-state index in [2.05, 4.69) is 48.0 Å². The van der Waals surface area contributed by atoms with Crippen LogP contribution in [0.15, 0.2) is 22.0 Å². The highest BCUT2D eigenvalue weighted by Crippen LogP contribution is 2.33. The summed E-state index contributed by atoms with van der Waals surface area (Å²) in [5.74, 6) is 0. The quantitative estimate of drug-likeness (QED) is 0.735. The van der Waals surface area contributed by atoms with Gasteiger partial charge >= 0.3 is 0 Å². The van der Waals surface area contributed by atoms with E-state index >= 15 is 0 Å². The summed E-state index contributed by atoms with van der Waals surface area (Å²) >= 11 is 5.37. The molecule has 0 N–H and O–H groups in total. The molecule has 2 aromatic rings. The molecule has 0 nitrogen and oxygen atoms in total. The van der Waals surface area contributed by atoms with Crippen LogP contribution in [-0.4, -0.2) is 0 Å². The molecule has 0 saturated heterocycles. The Kier molecular flexibility index (Phi) is 2.93. The van der Waals surface area contributed by atoms with Crippen molar-refractivity contribution in [3.05, 3.63) is 33.1 Å². The second kappa shape index (κ2) is 4.03. The second-order valence-corrected chi connectivity index (χ2v) is 5.84. The topological polar surface area (TPSA) is 0 Å². The number of halogens is 1. The van der Waals surface area contributed by atoms with Crippen LogP contribution in [0.3, 0.4) is 0 Å². The molecule has 0 spiro atoms. The van der Waals surface area contributed by atoms with Gasteiger partial charge in [-0.05, 0) is 57.4 Å². The van der Waals surface area contributed by atoms with Crippen LogP contribution in [0.4, 0.5) is 0 Å². The molecule has 0 unspecified atom stereocenters. The van der Waals surface area contributed by atoms with Gasteiger partial charge in [0.25, 0.3) is 0 Å². The largest absolute Gasteiger partial charge is 0.128 e. The molecule has 14 heavy (non-hydrogen) atoms. The van der Waals surface area contributed by atoms with Crippen LogP contribution in [0.1, 0.15) is 25.0 Å². The van der Waals surface area contributed by atoms with E-state index in [1.54, 1.807) is 0 Å². The van der Waals surface area contributed by atoms with Crippen LogP contribution in [0.2, 0.25) is 0 Å². The van der Waals surface area contributed by atoms with Gasteiger partial charge in [0.2, 0.25) is 0 Å². The lowest BCUT2D eigenvalue weighted by Crippen LogP contribution is -1.90. The number of thiophene rings is 1. The standard InChI is InChI=1S/C12H13BrS/c1-3-8-5-6-11-10(9(8)4-2)7-12(13)14-11/h5-7H,3-4H2,1-2H3. The van der Waals surface area contributed by atoms with Crippen molar-refractivity contribution >= 4 is 37.4 Å². The van der Waals surface area contributed by atoms with Gasteiger partial charge in [-0.3, -0.25) is 0 Å². The van der Waals surface area contributed by atoms with Crippen LogP contribution in [-0.2, 0) is 12.8 Å². The van der Waals surface area contributed by atoms with Crippen molar-refractivity contribution in [2.24, 2.45) is 0 Å². The van der Waals surface area contributed by atoms with Crippen LogP contribution >= 0.6 is 27.3 Å². The molecule has 0 aliphatic heterocycles. The molecular weight excluding hydrogens is 256 g/mol. The third kappa shape index (κ3) is 1.61. The molecule has 0 amide bonds. The Morgan fingerprint density at radius 1 is 1.21 bits per heavy atom. The number of benzene rings is 1. The molecule has 0 aliphatic carbocycles. The van der Waals surface area contributed by atoms with Crippen molar-refractivity contribution < 1.29 is 0 Å². The Balaban J connectivity index is 2.75. The first-order chi connectivity index (χ1) is 6.76. The highest BCUT2D eigenvalue weighted by atomic mass is 79.9. The molecule has 1 aromatic heterocycles. The summed E-state index contributed by atoms with van der Waals surface area (Å²) in [6, 6.07) is 6.75. The monoisotopic (exact) mass is 268 g/mol. The molecule has 2 rings (SSSR count). The highest BCUT2D eigenvalue weighted by molar-refractivity contribution is 9.11. The van der Waals surface area contributed by atoms with Gasteiger partial charge in [-0.15, -0.1) is 11.3 Å².